The molecule has 4 atom stereocenters. The van der Waals surface area contributed by atoms with Crippen molar-refractivity contribution in [2.45, 2.75) is 113 Å². The van der Waals surface area contributed by atoms with Crippen molar-refractivity contribution in [2.24, 2.45) is 0 Å². The summed E-state index contributed by atoms with van der Waals surface area (Å²) in [6.45, 7) is 5.36. The lowest BCUT2D eigenvalue weighted by molar-refractivity contribution is -0.160. The van der Waals surface area contributed by atoms with Crippen molar-refractivity contribution in [2.75, 3.05) is 95.1 Å². The van der Waals surface area contributed by atoms with Crippen molar-refractivity contribution < 1.29 is 101 Å². The number of halogens is 12. The Kier molecular flexibility index (Phi) is 23.5. The third-order valence-electron chi connectivity index (χ3n) is 17.3. The highest BCUT2D eigenvalue weighted by molar-refractivity contribution is 7.10. The molecule has 10 rings (SSSR count). The molecule has 98 heavy (non-hydrogen) atoms. The van der Waals surface area contributed by atoms with Crippen molar-refractivity contribution in [3.8, 4) is 23.0 Å². The number of piperazine rings is 2. The van der Waals surface area contributed by atoms with Crippen LogP contribution < -0.4 is 28.7 Å². The number of aliphatic hydroxyl groups excluding tert-OH is 1. The van der Waals surface area contributed by atoms with Crippen LogP contribution in [0.3, 0.4) is 0 Å². The summed E-state index contributed by atoms with van der Waals surface area (Å²) in [6.07, 6.45) is -13.6. The maximum absolute atomic E-state index is 14.7. The standard InChI is InChI=1S/C33H36F6N4O5S.C33H34F6N4O5S/c2*1-2-6-27-31(48-22-19-28(49-21-22)33(37,38)39,10-5-12-43(27)29(45)23-20-40-11-9-24(23)32(34,35)36)30(46)42-15-13-41(14-16-42)25-7-3-4-8-26(25)47-18-17-44/h3-4,7-9,11,19-21,27,44H,2,5-6,10,12-18H2,1H3;3-4,7-9,11,17,19-21,27H,2,5-6,10,12-16,18H2,1H3/t2*27-,31+/m11/s1. The number of benzene rings is 2. The zero-order valence-electron chi connectivity index (χ0n) is 53.0. The molecule has 8 heterocycles. The number of hydrogen-bond donors (Lipinski definition) is 1. The van der Waals surface area contributed by atoms with Gasteiger partial charge in [0.15, 0.2) is 6.29 Å². The van der Waals surface area contributed by atoms with Crippen molar-refractivity contribution >= 4 is 64.0 Å². The average molecular weight is 1430 g/mol. The number of carbonyl (C=O) groups excluding carboxylic acids is 5. The molecule has 4 aliphatic heterocycles. The van der Waals surface area contributed by atoms with Gasteiger partial charge in [0.25, 0.3) is 23.6 Å². The van der Waals surface area contributed by atoms with E-state index < -0.39 is 104 Å². The fraction of sp³-hybridized carbons (Fsp3) is 0.470. The number of aliphatic hydroxyl groups is 1. The van der Waals surface area contributed by atoms with Crippen LogP contribution in [-0.2, 0) is 39.1 Å². The number of anilines is 2. The van der Waals surface area contributed by atoms with E-state index >= 15 is 0 Å². The number of aromatic nitrogens is 2. The molecule has 0 bridgehead atoms. The summed E-state index contributed by atoms with van der Waals surface area (Å²) in [5.74, 6) is -2.55. The third-order valence-corrected chi connectivity index (χ3v) is 19.2. The second kappa shape index (κ2) is 31.2. The molecule has 0 radical (unpaired) electrons. The number of rotatable bonds is 20. The maximum atomic E-state index is 14.7. The van der Waals surface area contributed by atoms with E-state index in [1.54, 1.807) is 44.2 Å². The fourth-order valence-corrected chi connectivity index (χ4v) is 14.4. The molecule has 4 aromatic heterocycles. The van der Waals surface area contributed by atoms with Crippen molar-refractivity contribution in [1.29, 1.82) is 0 Å². The van der Waals surface area contributed by atoms with Crippen LogP contribution in [-0.4, -0.2) is 173 Å². The molecule has 0 aliphatic carbocycles. The highest BCUT2D eigenvalue weighted by Gasteiger charge is 2.58. The Balaban J connectivity index is 0.000000229. The van der Waals surface area contributed by atoms with E-state index in [2.05, 4.69) is 9.97 Å². The van der Waals surface area contributed by atoms with Gasteiger partial charge in [0.1, 0.15) is 46.0 Å². The van der Waals surface area contributed by atoms with E-state index in [1.807, 2.05) is 28.0 Å². The Hall–Kier alpha value is -8.39. The van der Waals surface area contributed by atoms with Crippen LogP contribution in [0.4, 0.5) is 64.1 Å². The van der Waals surface area contributed by atoms with Crippen LogP contribution in [0, 0.1) is 0 Å². The Morgan fingerprint density at radius 1 is 0.561 bits per heavy atom. The third kappa shape index (κ3) is 16.5. The first-order chi connectivity index (χ1) is 46.6. The SMILES string of the molecule is CCC[C@H]1N(C(=O)c2cnccc2C(F)(F)F)CCC[C@@]1(Oc1csc(C(F)(F)F)c1)C(=O)N1CCN(c2ccccc2OCC=O)CC1.CCC[C@H]1N(C(=O)c2cnccc2C(F)(F)F)CCC[C@@]1(Oc1csc(C(F)(F)F)c1)C(=O)N1CCN(c2ccccc2OCCO)CC1. The van der Waals surface area contributed by atoms with Gasteiger partial charge in [-0.2, -0.15) is 52.7 Å². The summed E-state index contributed by atoms with van der Waals surface area (Å²) >= 11 is 0.786. The minimum absolute atomic E-state index is 0.00311. The molecule has 0 spiro atoms. The van der Waals surface area contributed by atoms with E-state index in [0.717, 1.165) is 53.4 Å². The molecule has 0 saturated carbocycles. The van der Waals surface area contributed by atoms with Gasteiger partial charge in [-0.25, -0.2) is 0 Å². The quantitative estimate of drug-likeness (QED) is 0.0561. The number of aldehydes is 1. The van der Waals surface area contributed by atoms with Crippen molar-refractivity contribution in [3.63, 3.8) is 0 Å². The molecule has 530 valence electrons. The summed E-state index contributed by atoms with van der Waals surface area (Å²) in [5.41, 5.74) is -6.09. The first kappa shape index (κ1) is 73.8. The molecule has 0 unspecified atom stereocenters. The van der Waals surface area contributed by atoms with Gasteiger partial charge in [-0.3, -0.25) is 33.9 Å². The number of para-hydroxylation sites is 4. The van der Waals surface area contributed by atoms with Gasteiger partial charge >= 0.3 is 24.7 Å². The van der Waals surface area contributed by atoms with Gasteiger partial charge in [-0.15, -0.1) is 22.7 Å². The number of carbonyl (C=O) groups is 5. The predicted octanol–water partition coefficient (Wildman–Crippen LogP) is 12.5. The number of ether oxygens (including phenoxy) is 4. The number of likely N-dealkylation sites (tertiary alicyclic amines) is 2. The normalized spacial score (nSPS) is 20.3. The number of pyridine rings is 2. The number of thiophene rings is 2. The van der Waals surface area contributed by atoms with Crippen LogP contribution in [0.5, 0.6) is 23.0 Å². The molecule has 4 aliphatic rings. The molecule has 4 fully saturated rings. The van der Waals surface area contributed by atoms with Crippen LogP contribution in [0.2, 0.25) is 0 Å². The molecule has 2 aromatic carbocycles. The van der Waals surface area contributed by atoms with Crippen molar-refractivity contribution in [1.82, 2.24) is 29.6 Å². The summed E-state index contributed by atoms with van der Waals surface area (Å²) < 4.78 is 189. The Labute approximate surface area is 563 Å². The van der Waals surface area contributed by atoms with E-state index in [-0.39, 0.29) is 109 Å². The number of hydrogen-bond acceptors (Lipinski definition) is 16. The molecule has 4 amide bonds. The zero-order chi connectivity index (χ0) is 70.8. The van der Waals surface area contributed by atoms with E-state index in [0.29, 0.717) is 97.3 Å². The second-order valence-corrected chi connectivity index (χ2v) is 25.3. The van der Waals surface area contributed by atoms with Crippen LogP contribution in [0.1, 0.15) is 107 Å². The van der Waals surface area contributed by atoms with Crippen LogP contribution in [0.15, 0.2) is 108 Å². The lowest BCUT2D eigenvalue weighted by Crippen LogP contribution is -2.69. The van der Waals surface area contributed by atoms with E-state index in [9.17, 15) is 81.8 Å². The smallest absolute Gasteiger partial charge is 0.425 e. The van der Waals surface area contributed by atoms with Gasteiger partial charge in [-0.1, -0.05) is 51.0 Å². The Bertz CT molecular complexity index is 3730. The van der Waals surface area contributed by atoms with Crippen molar-refractivity contribution in [3.05, 3.63) is 140 Å². The lowest BCUT2D eigenvalue weighted by atomic mass is 9.79. The van der Waals surface area contributed by atoms with E-state index in [1.165, 1.54) is 19.6 Å². The number of piperidine rings is 2. The molecule has 6 aromatic rings. The molecule has 4 saturated heterocycles. The Morgan fingerprint density at radius 3 is 1.32 bits per heavy atom. The fourth-order valence-electron chi connectivity index (χ4n) is 13.0. The zero-order valence-corrected chi connectivity index (χ0v) is 54.7. The predicted molar refractivity (Wildman–Crippen MR) is 336 cm³/mol. The number of nitrogens with zero attached hydrogens (tertiary/aromatic N) is 8. The summed E-state index contributed by atoms with van der Waals surface area (Å²) in [7, 11) is 0. The second-order valence-electron chi connectivity index (χ2n) is 23.5. The average Bonchev–Trinajstić information content (AvgIpc) is 1.01. The first-order valence-corrected chi connectivity index (χ1v) is 33.3. The largest absolute Gasteiger partial charge is 0.489 e. The van der Waals surface area contributed by atoms with Gasteiger partial charge in [0, 0.05) is 126 Å². The van der Waals surface area contributed by atoms with Gasteiger partial charge in [0.05, 0.1) is 52.3 Å². The highest BCUT2D eigenvalue weighted by atomic mass is 32.1. The minimum atomic E-state index is -4.87. The summed E-state index contributed by atoms with van der Waals surface area (Å²) in [4.78, 5) is 83.3. The molecular weight excluding hydrogens is 1360 g/mol. The van der Waals surface area contributed by atoms with Crippen LogP contribution >= 0.6 is 22.7 Å². The lowest BCUT2D eigenvalue weighted by Gasteiger charge is -2.50. The number of alkyl halides is 12. The topological polar surface area (TPSA) is 188 Å². The van der Waals surface area contributed by atoms with Crippen LogP contribution in [0.25, 0.3) is 0 Å². The molecule has 18 nitrogen and oxygen atoms in total. The molecule has 32 heteroatoms. The first-order valence-electron chi connectivity index (χ1n) is 31.5. The maximum Gasteiger partial charge on any atom is 0.425 e. The van der Waals surface area contributed by atoms with Gasteiger partial charge in [-0.05, 0) is 62.1 Å². The van der Waals surface area contributed by atoms with E-state index in [4.69, 9.17) is 18.9 Å². The summed E-state index contributed by atoms with van der Waals surface area (Å²) in [5, 5.41) is 11.5. The highest BCUT2D eigenvalue weighted by Crippen LogP contribution is 2.46. The Morgan fingerprint density at radius 2 is 0.959 bits per heavy atom. The number of amides is 4. The van der Waals surface area contributed by atoms with Gasteiger partial charge < -0.3 is 53.5 Å². The molecular formula is C66H70F12N8O10S2. The van der Waals surface area contributed by atoms with Gasteiger partial charge in [0.2, 0.25) is 11.2 Å². The molecule has 1 N–H and O–H groups in total. The minimum Gasteiger partial charge on any atom is -0.489 e. The summed E-state index contributed by atoms with van der Waals surface area (Å²) in [6, 6.07) is 15.1. The monoisotopic (exact) mass is 1430 g/mol.